The van der Waals surface area contributed by atoms with E-state index in [9.17, 15) is 4.79 Å². The summed E-state index contributed by atoms with van der Waals surface area (Å²) in [6.45, 7) is 0. The first-order valence-corrected chi connectivity index (χ1v) is 7.78. The smallest absolute Gasteiger partial charge is 0.284 e. The Labute approximate surface area is 137 Å². The molecule has 0 spiro atoms. The highest BCUT2D eigenvalue weighted by Gasteiger charge is 2.22. The van der Waals surface area contributed by atoms with Crippen molar-refractivity contribution < 1.29 is 9.53 Å². The Morgan fingerprint density at radius 3 is 2.41 bits per heavy atom. The molecule has 0 unspecified atom stereocenters. The number of thioether (sulfide) groups is 1. The molecule has 0 bridgehead atoms. The number of hydrogen-bond donors (Lipinski definition) is 0. The van der Waals surface area contributed by atoms with Gasteiger partial charge in [0, 0.05) is 10.6 Å². The lowest BCUT2D eigenvalue weighted by atomic mass is 10.2. The van der Waals surface area contributed by atoms with Crippen molar-refractivity contribution in [1.82, 2.24) is 0 Å². The number of halogens is 1. The van der Waals surface area contributed by atoms with Crippen LogP contribution < -0.4 is 4.74 Å². The van der Waals surface area contributed by atoms with Crippen molar-refractivity contribution in [1.29, 1.82) is 0 Å². The summed E-state index contributed by atoms with van der Waals surface area (Å²) in [5.74, 6) is 0.566. The van der Waals surface area contributed by atoms with E-state index in [-0.39, 0.29) is 5.91 Å². The number of carbonyl (C=O) groups excluding carboxylic acids is 1. The summed E-state index contributed by atoms with van der Waals surface area (Å²) < 4.78 is 5.12. The molecule has 0 saturated heterocycles. The molecule has 0 atom stereocenters. The van der Waals surface area contributed by atoms with Crippen LogP contribution in [-0.2, 0) is 4.79 Å². The molecule has 1 aliphatic rings. The van der Waals surface area contributed by atoms with E-state index in [1.54, 1.807) is 19.2 Å². The number of carbonyl (C=O) groups is 1. The lowest BCUT2D eigenvalue weighted by molar-refractivity contribution is -0.113. The van der Waals surface area contributed by atoms with Crippen LogP contribution in [0.3, 0.4) is 0 Å². The SMILES string of the molecule is COc1ccc(C=C2SC(c3ccc(Cl)cc3)=NC2=O)cc1. The highest BCUT2D eigenvalue weighted by Crippen LogP contribution is 2.32. The normalized spacial score (nSPS) is 16.0. The van der Waals surface area contributed by atoms with Crippen LogP contribution in [0.2, 0.25) is 5.02 Å². The van der Waals surface area contributed by atoms with E-state index in [1.165, 1.54) is 11.8 Å². The van der Waals surface area contributed by atoms with Crippen molar-refractivity contribution in [2.75, 3.05) is 7.11 Å². The van der Waals surface area contributed by atoms with Gasteiger partial charge in [-0.25, -0.2) is 4.99 Å². The average molecular weight is 330 g/mol. The summed E-state index contributed by atoms with van der Waals surface area (Å²) in [6.07, 6.45) is 1.83. The molecule has 0 N–H and O–H groups in total. The summed E-state index contributed by atoms with van der Waals surface area (Å²) >= 11 is 7.24. The molecule has 0 radical (unpaired) electrons. The van der Waals surface area contributed by atoms with E-state index in [0.29, 0.717) is 15.0 Å². The summed E-state index contributed by atoms with van der Waals surface area (Å²) in [7, 11) is 1.62. The van der Waals surface area contributed by atoms with Gasteiger partial charge in [-0.3, -0.25) is 4.79 Å². The fourth-order valence-electron chi connectivity index (χ4n) is 1.98. The summed E-state index contributed by atoms with van der Waals surface area (Å²) in [4.78, 5) is 16.7. The van der Waals surface area contributed by atoms with Gasteiger partial charge in [0.25, 0.3) is 5.91 Å². The van der Waals surface area contributed by atoms with Crippen molar-refractivity contribution >= 4 is 40.4 Å². The Morgan fingerprint density at radius 2 is 1.77 bits per heavy atom. The Hall–Kier alpha value is -2.04. The second-order valence-corrected chi connectivity index (χ2v) is 6.08. The van der Waals surface area contributed by atoms with Gasteiger partial charge in [0.1, 0.15) is 10.8 Å². The van der Waals surface area contributed by atoms with Crippen LogP contribution in [0, 0.1) is 0 Å². The average Bonchev–Trinajstić information content (AvgIpc) is 2.90. The zero-order valence-corrected chi connectivity index (χ0v) is 13.3. The molecule has 3 rings (SSSR count). The second kappa shape index (κ2) is 6.38. The van der Waals surface area contributed by atoms with E-state index in [4.69, 9.17) is 16.3 Å². The molecule has 1 aliphatic heterocycles. The van der Waals surface area contributed by atoms with Crippen LogP contribution in [0.4, 0.5) is 0 Å². The fraction of sp³-hybridized carbons (Fsp3) is 0.0588. The van der Waals surface area contributed by atoms with Crippen LogP contribution in [0.1, 0.15) is 11.1 Å². The van der Waals surface area contributed by atoms with Gasteiger partial charge in [0.05, 0.1) is 12.0 Å². The number of hydrogen-bond acceptors (Lipinski definition) is 3. The number of methoxy groups -OCH3 is 1. The summed E-state index contributed by atoms with van der Waals surface area (Å²) in [5, 5.41) is 1.36. The topological polar surface area (TPSA) is 38.7 Å². The van der Waals surface area contributed by atoms with Crippen molar-refractivity contribution in [3.8, 4) is 5.75 Å². The molecular weight excluding hydrogens is 318 g/mol. The van der Waals surface area contributed by atoms with E-state index in [2.05, 4.69) is 4.99 Å². The predicted molar refractivity (Wildman–Crippen MR) is 91.6 cm³/mol. The maximum Gasteiger partial charge on any atom is 0.284 e. The second-order valence-electron chi connectivity index (χ2n) is 4.61. The fourth-order valence-corrected chi connectivity index (χ4v) is 3.02. The number of ether oxygens (including phenoxy) is 1. The number of amides is 1. The van der Waals surface area contributed by atoms with E-state index in [1.807, 2.05) is 42.5 Å². The molecule has 5 heteroatoms. The van der Waals surface area contributed by atoms with Gasteiger partial charge in [-0.05, 0) is 35.9 Å². The predicted octanol–water partition coefficient (Wildman–Crippen LogP) is 4.41. The van der Waals surface area contributed by atoms with Gasteiger partial charge in [-0.2, -0.15) is 0 Å². The van der Waals surface area contributed by atoms with E-state index < -0.39 is 0 Å². The number of benzene rings is 2. The largest absolute Gasteiger partial charge is 0.497 e. The van der Waals surface area contributed by atoms with E-state index in [0.717, 1.165) is 16.9 Å². The quantitative estimate of drug-likeness (QED) is 0.783. The molecular formula is C17H12ClNO2S. The molecule has 1 amide bonds. The van der Waals surface area contributed by atoms with Crippen LogP contribution in [0.5, 0.6) is 5.75 Å². The Kier molecular flexibility index (Phi) is 4.32. The minimum Gasteiger partial charge on any atom is -0.497 e. The molecule has 110 valence electrons. The molecule has 2 aromatic rings. The Bertz CT molecular complexity index is 764. The maximum atomic E-state index is 12.0. The van der Waals surface area contributed by atoms with Crippen molar-refractivity contribution in [3.05, 3.63) is 69.6 Å². The Morgan fingerprint density at radius 1 is 1.09 bits per heavy atom. The van der Waals surface area contributed by atoms with Crippen molar-refractivity contribution in [3.63, 3.8) is 0 Å². The van der Waals surface area contributed by atoms with Crippen LogP contribution in [0.25, 0.3) is 6.08 Å². The van der Waals surface area contributed by atoms with Gasteiger partial charge >= 0.3 is 0 Å². The number of rotatable bonds is 3. The first-order valence-electron chi connectivity index (χ1n) is 6.58. The molecule has 22 heavy (non-hydrogen) atoms. The van der Waals surface area contributed by atoms with Crippen LogP contribution >= 0.6 is 23.4 Å². The zero-order chi connectivity index (χ0) is 15.5. The first-order chi connectivity index (χ1) is 10.7. The minimum atomic E-state index is -0.217. The van der Waals surface area contributed by atoms with Crippen molar-refractivity contribution in [2.24, 2.45) is 4.99 Å². The molecule has 1 heterocycles. The van der Waals surface area contributed by atoms with Crippen molar-refractivity contribution in [2.45, 2.75) is 0 Å². The van der Waals surface area contributed by atoms with Crippen LogP contribution in [0.15, 0.2) is 58.4 Å². The number of nitrogens with zero attached hydrogens (tertiary/aromatic N) is 1. The lowest BCUT2D eigenvalue weighted by Gasteiger charge is -2.01. The van der Waals surface area contributed by atoms with Gasteiger partial charge in [-0.1, -0.05) is 47.6 Å². The molecule has 0 saturated carbocycles. The highest BCUT2D eigenvalue weighted by molar-refractivity contribution is 8.19. The highest BCUT2D eigenvalue weighted by atomic mass is 35.5. The molecule has 0 aliphatic carbocycles. The Balaban J connectivity index is 1.81. The van der Waals surface area contributed by atoms with E-state index >= 15 is 0 Å². The molecule has 0 fully saturated rings. The molecule has 0 aromatic heterocycles. The van der Waals surface area contributed by atoms with Gasteiger partial charge in [0.15, 0.2) is 0 Å². The summed E-state index contributed by atoms with van der Waals surface area (Å²) in [6, 6.07) is 14.8. The van der Waals surface area contributed by atoms with Gasteiger partial charge < -0.3 is 4.74 Å². The zero-order valence-electron chi connectivity index (χ0n) is 11.7. The molecule has 2 aromatic carbocycles. The number of aliphatic imine (C=N–C) groups is 1. The lowest BCUT2D eigenvalue weighted by Crippen LogP contribution is -1.90. The van der Waals surface area contributed by atoms with Crippen LogP contribution in [-0.4, -0.2) is 18.1 Å². The third-order valence-corrected chi connectivity index (χ3v) is 4.41. The first kappa shape index (κ1) is 14.9. The maximum absolute atomic E-state index is 12.0. The third-order valence-electron chi connectivity index (χ3n) is 3.13. The minimum absolute atomic E-state index is 0.217. The monoisotopic (exact) mass is 329 g/mol. The van der Waals surface area contributed by atoms with Gasteiger partial charge in [0.2, 0.25) is 0 Å². The summed E-state index contributed by atoms with van der Waals surface area (Å²) in [5.41, 5.74) is 1.82. The third kappa shape index (κ3) is 3.24. The van der Waals surface area contributed by atoms with Gasteiger partial charge in [-0.15, -0.1) is 0 Å². The molecule has 3 nitrogen and oxygen atoms in total. The standard InChI is InChI=1S/C17H12ClNO2S/c1-21-14-8-2-11(3-9-14)10-15-16(20)19-17(22-15)12-4-6-13(18)7-5-12/h2-10H,1H3.